The van der Waals surface area contributed by atoms with E-state index in [2.05, 4.69) is 16.2 Å². The summed E-state index contributed by atoms with van der Waals surface area (Å²) in [6.45, 7) is 2.20. The van der Waals surface area contributed by atoms with Gasteiger partial charge in [0.1, 0.15) is 0 Å². The van der Waals surface area contributed by atoms with E-state index < -0.39 is 0 Å². The van der Waals surface area contributed by atoms with E-state index >= 15 is 0 Å². The summed E-state index contributed by atoms with van der Waals surface area (Å²) in [5.41, 5.74) is -0.00386. The molecule has 0 aliphatic rings. The average Bonchev–Trinajstić information content (AvgIpc) is 2.29. The molecule has 0 bridgehead atoms. The van der Waals surface area contributed by atoms with Crippen LogP contribution in [0.1, 0.15) is 25.3 Å². The Balaban J connectivity index is 0. The van der Waals surface area contributed by atoms with Gasteiger partial charge >= 0.3 is 18.9 Å². The third-order valence-electron chi connectivity index (χ3n) is 1.77. The van der Waals surface area contributed by atoms with Gasteiger partial charge in [0, 0.05) is 10.0 Å². The number of halogens is 4. The molecule has 0 N–H and O–H groups in total. The molecule has 0 saturated heterocycles. The van der Waals surface area contributed by atoms with Crippen molar-refractivity contribution < 1.29 is 23.7 Å². The van der Waals surface area contributed by atoms with Crippen LogP contribution in [0.5, 0.6) is 0 Å². The van der Waals surface area contributed by atoms with Crippen molar-refractivity contribution >= 4 is 61.9 Å². The van der Waals surface area contributed by atoms with Crippen LogP contribution in [0.4, 0.5) is 0 Å². The van der Waals surface area contributed by atoms with Crippen molar-refractivity contribution in [2.24, 2.45) is 0 Å². The molecule has 0 heterocycles. The fourth-order valence-corrected chi connectivity index (χ4v) is 2.16. The molecule has 0 fully saturated rings. The number of carbonyl (C=O) groups excluding carboxylic acids is 1. The number of benzene rings is 1. The van der Waals surface area contributed by atoms with Crippen LogP contribution in [0.15, 0.2) is 6.07 Å². The minimum absolute atomic E-state index is 0. The Kier molecular flexibility index (Phi) is 14.1. The van der Waals surface area contributed by atoms with Gasteiger partial charge in [0.25, 0.3) is 0 Å². The molecular weight excluding hydrogens is 328 g/mol. The quantitative estimate of drug-likeness (QED) is 0.358. The SMILES string of the molecule is CCCCP.O=[C-]c1c(Cl)c(Cl)cc(Cl)c1Cl.[Li+]. The van der Waals surface area contributed by atoms with Gasteiger partial charge in [0.05, 0.1) is 6.29 Å². The Morgan fingerprint density at radius 3 is 1.83 bits per heavy atom. The zero-order valence-corrected chi connectivity index (χ0v) is 14.4. The molecule has 0 radical (unpaired) electrons. The molecular formula is C11H12Cl4LiOP. The van der Waals surface area contributed by atoms with E-state index in [1.54, 1.807) is 6.29 Å². The van der Waals surface area contributed by atoms with E-state index in [0.717, 1.165) is 0 Å². The van der Waals surface area contributed by atoms with Gasteiger partial charge in [-0.2, -0.15) is 23.2 Å². The monoisotopic (exact) mass is 338 g/mol. The van der Waals surface area contributed by atoms with Gasteiger partial charge < -0.3 is 4.79 Å². The minimum atomic E-state index is -0.00386. The van der Waals surface area contributed by atoms with Crippen molar-refractivity contribution in [1.82, 2.24) is 0 Å². The molecule has 18 heavy (non-hydrogen) atoms. The fourth-order valence-electron chi connectivity index (χ4n) is 0.867. The maximum atomic E-state index is 10.3. The van der Waals surface area contributed by atoms with Gasteiger partial charge in [-0.05, 0) is 22.3 Å². The Bertz CT molecular complexity index is 360. The van der Waals surface area contributed by atoms with Crippen molar-refractivity contribution in [3.05, 3.63) is 31.7 Å². The maximum absolute atomic E-state index is 10.3. The first-order chi connectivity index (χ1) is 7.99. The van der Waals surface area contributed by atoms with Crippen molar-refractivity contribution in [2.45, 2.75) is 19.8 Å². The third-order valence-corrected chi connectivity index (χ3v) is 3.75. The van der Waals surface area contributed by atoms with Crippen LogP contribution in [0.2, 0.25) is 20.1 Å². The predicted molar refractivity (Wildman–Crippen MR) is 80.8 cm³/mol. The fraction of sp³-hybridized carbons (Fsp3) is 0.364. The second-order valence-electron chi connectivity index (χ2n) is 3.09. The molecule has 1 aromatic rings. The minimum Gasteiger partial charge on any atom is -0.376 e. The Morgan fingerprint density at radius 2 is 1.61 bits per heavy atom. The smallest absolute Gasteiger partial charge is 0.376 e. The molecule has 1 atom stereocenters. The van der Waals surface area contributed by atoms with Crippen LogP contribution in [0.3, 0.4) is 0 Å². The van der Waals surface area contributed by atoms with Crippen LogP contribution in [0, 0.1) is 0 Å². The van der Waals surface area contributed by atoms with Crippen LogP contribution in [0.25, 0.3) is 0 Å². The number of rotatable bonds is 3. The van der Waals surface area contributed by atoms with E-state index in [1.165, 1.54) is 25.1 Å². The summed E-state index contributed by atoms with van der Waals surface area (Å²) >= 11 is 22.5. The topological polar surface area (TPSA) is 17.1 Å². The van der Waals surface area contributed by atoms with Gasteiger partial charge in [0.15, 0.2) is 0 Å². The van der Waals surface area contributed by atoms with Crippen molar-refractivity contribution in [3.63, 3.8) is 0 Å². The second kappa shape index (κ2) is 11.9. The van der Waals surface area contributed by atoms with E-state index in [1.807, 2.05) is 0 Å². The zero-order chi connectivity index (χ0) is 13.4. The van der Waals surface area contributed by atoms with Crippen LogP contribution in [-0.2, 0) is 4.79 Å². The van der Waals surface area contributed by atoms with Crippen molar-refractivity contribution in [1.29, 1.82) is 0 Å². The van der Waals surface area contributed by atoms with Gasteiger partial charge in [-0.3, -0.25) is 0 Å². The summed E-state index contributed by atoms with van der Waals surface area (Å²) in [7, 11) is 2.70. The molecule has 0 aliphatic heterocycles. The molecule has 7 heteroatoms. The molecule has 0 spiro atoms. The van der Waals surface area contributed by atoms with Crippen molar-refractivity contribution in [3.8, 4) is 0 Å². The molecule has 1 rings (SSSR count). The Hall–Kier alpha value is 1.08. The summed E-state index contributed by atoms with van der Waals surface area (Å²) in [5, 5.41) is 0.510. The summed E-state index contributed by atoms with van der Waals surface area (Å²) < 4.78 is 0. The summed E-state index contributed by atoms with van der Waals surface area (Å²) in [4.78, 5) is 10.3. The van der Waals surface area contributed by atoms with Gasteiger partial charge in [0.2, 0.25) is 0 Å². The number of hydrogen-bond acceptors (Lipinski definition) is 1. The first-order valence-electron chi connectivity index (χ1n) is 4.90. The molecule has 0 amide bonds. The Labute approximate surface area is 142 Å². The van der Waals surface area contributed by atoms with E-state index in [-0.39, 0.29) is 44.5 Å². The first kappa shape index (κ1) is 21.4. The zero-order valence-electron chi connectivity index (χ0n) is 10.2. The summed E-state index contributed by atoms with van der Waals surface area (Å²) in [5.74, 6) is 0. The predicted octanol–water partition coefficient (Wildman–Crippen LogP) is 2.42. The van der Waals surface area contributed by atoms with Crippen LogP contribution >= 0.6 is 55.6 Å². The molecule has 0 saturated carbocycles. The average molecular weight is 340 g/mol. The molecule has 96 valence electrons. The van der Waals surface area contributed by atoms with Crippen molar-refractivity contribution in [2.75, 3.05) is 6.16 Å². The van der Waals surface area contributed by atoms with E-state index in [4.69, 9.17) is 46.4 Å². The molecule has 0 aliphatic carbocycles. The van der Waals surface area contributed by atoms with E-state index in [9.17, 15) is 4.79 Å². The molecule has 1 aromatic carbocycles. The largest absolute Gasteiger partial charge is 1.00 e. The molecule has 1 unspecified atom stereocenters. The Morgan fingerprint density at radius 1 is 1.17 bits per heavy atom. The maximum Gasteiger partial charge on any atom is 1.00 e. The molecule has 0 aromatic heterocycles. The first-order valence-corrected chi connectivity index (χ1v) is 7.23. The third kappa shape index (κ3) is 7.02. The standard InChI is InChI=1S/C7HCl4O.C4H11P.Li/c8-4-1-5(9)7(11)3(2-12)6(4)10;1-2-3-4-5;/h1H;2-5H2,1H3;/q-1;;+1. The summed E-state index contributed by atoms with van der Waals surface area (Å²) in [6.07, 6.45) is 5.50. The van der Waals surface area contributed by atoms with Crippen LogP contribution < -0.4 is 18.9 Å². The number of hydrogen-bond donors (Lipinski definition) is 0. The van der Waals surface area contributed by atoms with E-state index in [0.29, 0.717) is 0 Å². The van der Waals surface area contributed by atoms with Gasteiger partial charge in [-0.25, -0.2) is 0 Å². The number of unbranched alkanes of at least 4 members (excludes halogenated alkanes) is 1. The van der Waals surface area contributed by atoms with Gasteiger partial charge in [-0.15, -0.1) is 14.8 Å². The van der Waals surface area contributed by atoms with Crippen LogP contribution in [-0.4, -0.2) is 12.4 Å². The van der Waals surface area contributed by atoms with Gasteiger partial charge in [-0.1, -0.05) is 43.0 Å². The molecule has 1 nitrogen and oxygen atoms in total. The normalized spacial score (nSPS) is 9.00. The summed E-state index contributed by atoms with van der Waals surface area (Å²) in [6, 6.07) is 1.37. The second-order valence-corrected chi connectivity index (χ2v) is 5.24.